The number of morpholine rings is 1. The second-order valence-electron chi connectivity index (χ2n) is 4.77. The van der Waals surface area contributed by atoms with Gasteiger partial charge >= 0.3 is 0 Å². The zero-order chi connectivity index (χ0) is 13.7. The Labute approximate surface area is 112 Å². The number of carbonyl (C=O) groups is 1. The molecule has 5 heteroatoms. The van der Waals surface area contributed by atoms with Crippen molar-refractivity contribution in [1.29, 1.82) is 0 Å². The highest BCUT2D eigenvalue weighted by Crippen LogP contribution is 2.09. The van der Waals surface area contributed by atoms with E-state index in [-0.39, 0.29) is 17.8 Å². The standard InChI is InChI=1S/C14H19FN2O2/c1-10(8-11-4-2-3-5-12(11)15)17-14(18)13-9-16-6-7-19-13/h2-5,10,13,16H,6-9H2,1H3,(H,17,18). The van der Waals surface area contributed by atoms with Crippen LogP contribution in [0.3, 0.4) is 0 Å². The number of amides is 1. The lowest BCUT2D eigenvalue weighted by Gasteiger charge is -2.24. The third-order valence-corrected chi connectivity index (χ3v) is 3.09. The Balaban J connectivity index is 1.85. The fourth-order valence-corrected chi connectivity index (χ4v) is 2.11. The monoisotopic (exact) mass is 266 g/mol. The zero-order valence-corrected chi connectivity index (χ0v) is 11.0. The number of rotatable bonds is 4. The van der Waals surface area contributed by atoms with E-state index in [0.717, 1.165) is 6.54 Å². The first kappa shape index (κ1) is 14.0. The molecular formula is C14H19FN2O2. The van der Waals surface area contributed by atoms with Crippen molar-refractivity contribution >= 4 is 5.91 Å². The van der Waals surface area contributed by atoms with E-state index in [1.54, 1.807) is 18.2 Å². The molecule has 2 rings (SSSR count). The van der Waals surface area contributed by atoms with Crippen molar-refractivity contribution in [1.82, 2.24) is 10.6 Å². The van der Waals surface area contributed by atoms with Gasteiger partial charge in [-0.3, -0.25) is 4.79 Å². The summed E-state index contributed by atoms with van der Waals surface area (Å²) in [6.45, 7) is 3.70. The largest absolute Gasteiger partial charge is 0.366 e. The Morgan fingerprint density at radius 2 is 2.37 bits per heavy atom. The van der Waals surface area contributed by atoms with E-state index in [0.29, 0.717) is 25.1 Å². The normalized spacial score (nSPS) is 20.8. The minimum Gasteiger partial charge on any atom is -0.366 e. The van der Waals surface area contributed by atoms with E-state index in [1.165, 1.54) is 6.07 Å². The molecule has 1 fully saturated rings. The van der Waals surface area contributed by atoms with Crippen LogP contribution in [0.2, 0.25) is 0 Å². The first-order chi connectivity index (χ1) is 9.16. The van der Waals surface area contributed by atoms with E-state index in [1.807, 2.05) is 6.92 Å². The molecule has 0 aliphatic carbocycles. The molecule has 0 saturated carbocycles. The van der Waals surface area contributed by atoms with Crippen LogP contribution in [-0.2, 0) is 16.0 Å². The average molecular weight is 266 g/mol. The summed E-state index contributed by atoms with van der Waals surface area (Å²) < 4.78 is 18.9. The molecule has 19 heavy (non-hydrogen) atoms. The summed E-state index contributed by atoms with van der Waals surface area (Å²) in [6.07, 6.45) is 0.0234. The van der Waals surface area contributed by atoms with Gasteiger partial charge in [-0.15, -0.1) is 0 Å². The van der Waals surface area contributed by atoms with Gasteiger partial charge in [0.1, 0.15) is 11.9 Å². The molecular weight excluding hydrogens is 247 g/mol. The third kappa shape index (κ3) is 4.01. The van der Waals surface area contributed by atoms with Gasteiger partial charge in [0, 0.05) is 19.1 Å². The van der Waals surface area contributed by atoms with Gasteiger partial charge in [-0.05, 0) is 25.0 Å². The Hall–Kier alpha value is -1.46. The zero-order valence-electron chi connectivity index (χ0n) is 11.0. The van der Waals surface area contributed by atoms with Gasteiger partial charge in [0.05, 0.1) is 6.61 Å². The topological polar surface area (TPSA) is 50.4 Å². The lowest BCUT2D eigenvalue weighted by atomic mass is 10.1. The molecule has 2 atom stereocenters. The number of nitrogens with one attached hydrogen (secondary N) is 2. The van der Waals surface area contributed by atoms with Crippen LogP contribution in [0.4, 0.5) is 4.39 Å². The van der Waals surface area contributed by atoms with E-state index >= 15 is 0 Å². The SMILES string of the molecule is CC(Cc1ccccc1F)NC(=O)C1CNCCO1. The number of hydrogen-bond donors (Lipinski definition) is 2. The van der Waals surface area contributed by atoms with Crippen LogP contribution >= 0.6 is 0 Å². The second kappa shape index (κ2) is 6.63. The van der Waals surface area contributed by atoms with E-state index in [2.05, 4.69) is 10.6 Å². The van der Waals surface area contributed by atoms with Crippen LogP contribution in [0.1, 0.15) is 12.5 Å². The summed E-state index contributed by atoms with van der Waals surface area (Å²) in [4.78, 5) is 11.9. The molecule has 104 valence electrons. The molecule has 1 aromatic carbocycles. The molecule has 1 heterocycles. The maximum Gasteiger partial charge on any atom is 0.250 e. The van der Waals surface area contributed by atoms with Gasteiger partial charge in [0.25, 0.3) is 5.91 Å². The van der Waals surface area contributed by atoms with Crippen molar-refractivity contribution in [2.24, 2.45) is 0 Å². The molecule has 0 aromatic heterocycles. The Morgan fingerprint density at radius 3 is 3.05 bits per heavy atom. The molecule has 0 spiro atoms. The molecule has 0 radical (unpaired) electrons. The Bertz CT molecular complexity index is 433. The molecule has 0 bridgehead atoms. The van der Waals surface area contributed by atoms with Crippen LogP contribution in [0.5, 0.6) is 0 Å². The molecule has 2 N–H and O–H groups in total. The lowest BCUT2D eigenvalue weighted by Crippen LogP contribution is -2.50. The third-order valence-electron chi connectivity index (χ3n) is 3.09. The molecule has 1 aromatic rings. The highest BCUT2D eigenvalue weighted by molar-refractivity contribution is 5.81. The maximum absolute atomic E-state index is 13.5. The number of carbonyl (C=O) groups excluding carboxylic acids is 1. The highest BCUT2D eigenvalue weighted by atomic mass is 19.1. The van der Waals surface area contributed by atoms with E-state index in [4.69, 9.17) is 4.74 Å². The van der Waals surface area contributed by atoms with Crippen LogP contribution < -0.4 is 10.6 Å². The molecule has 2 unspecified atom stereocenters. The molecule has 1 aliphatic heterocycles. The minimum atomic E-state index is -0.447. The number of benzene rings is 1. The fourth-order valence-electron chi connectivity index (χ4n) is 2.11. The summed E-state index contributed by atoms with van der Waals surface area (Å²) in [6, 6.07) is 6.48. The van der Waals surface area contributed by atoms with Gasteiger partial charge in [-0.25, -0.2) is 4.39 Å². The summed E-state index contributed by atoms with van der Waals surface area (Å²) in [5, 5.41) is 5.96. The van der Waals surface area contributed by atoms with Gasteiger partial charge in [-0.2, -0.15) is 0 Å². The van der Waals surface area contributed by atoms with Gasteiger partial charge in [0.15, 0.2) is 0 Å². The van der Waals surface area contributed by atoms with Crippen molar-refractivity contribution in [2.75, 3.05) is 19.7 Å². The van der Waals surface area contributed by atoms with Crippen LogP contribution in [0.15, 0.2) is 24.3 Å². The summed E-state index contributed by atoms with van der Waals surface area (Å²) in [5.41, 5.74) is 0.609. The predicted octanol–water partition coefficient (Wildman–Crippen LogP) is 0.861. The van der Waals surface area contributed by atoms with Gasteiger partial charge < -0.3 is 15.4 Å². The Morgan fingerprint density at radius 1 is 1.58 bits per heavy atom. The summed E-state index contributed by atoms with van der Waals surface area (Å²) in [7, 11) is 0. The second-order valence-corrected chi connectivity index (χ2v) is 4.77. The molecule has 1 aliphatic rings. The predicted molar refractivity (Wildman–Crippen MR) is 70.3 cm³/mol. The summed E-state index contributed by atoms with van der Waals surface area (Å²) in [5.74, 6) is -0.379. The quantitative estimate of drug-likeness (QED) is 0.850. The number of halogens is 1. The fraction of sp³-hybridized carbons (Fsp3) is 0.500. The van der Waals surface area contributed by atoms with E-state index < -0.39 is 6.10 Å². The average Bonchev–Trinajstić information content (AvgIpc) is 2.42. The number of hydrogen-bond acceptors (Lipinski definition) is 3. The first-order valence-electron chi connectivity index (χ1n) is 6.53. The summed E-state index contributed by atoms with van der Waals surface area (Å²) >= 11 is 0. The van der Waals surface area contributed by atoms with Crippen molar-refractivity contribution in [3.05, 3.63) is 35.6 Å². The van der Waals surface area contributed by atoms with Gasteiger partial charge in [-0.1, -0.05) is 18.2 Å². The van der Waals surface area contributed by atoms with Crippen LogP contribution in [0, 0.1) is 5.82 Å². The Kier molecular flexibility index (Phi) is 4.87. The van der Waals surface area contributed by atoms with E-state index in [9.17, 15) is 9.18 Å². The first-order valence-corrected chi connectivity index (χ1v) is 6.53. The highest BCUT2D eigenvalue weighted by Gasteiger charge is 2.23. The lowest BCUT2D eigenvalue weighted by molar-refractivity contribution is -0.134. The smallest absolute Gasteiger partial charge is 0.250 e. The van der Waals surface area contributed by atoms with Crippen molar-refractivity contribution in [3.63, 3.8) is 0 Å². The van der Waals surface area contributed by atoms with Crippen molar-refractivity contribution < 1.29 is 13.9 Å². The maximum atomic E-state index is 13.5. The van der Waals surface area contributed by atoms with Crippen molar-refractivity contribution in [2.45, 2.75) is 25.5 Å². The molecule has 1 saturated heterocycles. The van der Waals surface area contributed by atoms with Crippen LogP contribution in [0.25, 0.3) is 0 Å². The van der Waals surface area contributed by atoms with Gasteiger partial charge in [0.2, 0.25) is 0 Å². The van der Waals surface area contributed by atoms with Crippen LogP contribution in [-0.4, -0.2) is 37.7 Å². The molecule has 4 nitrogen and oxygen atoms in total. The number of ether oxygens (including phenoxy) is 1. The van der Waals surface area contributed by atoms with Crippen molar-refractivity contribution in [3.8, 4) is 0 Å². The minimum absolute atomic E-state index is 0.130. The molecule has 1 amide bonds.